The highest BCUT2D eigenvalue weighted by Gasteiger charge is 2.33. The van der Waals surface area contributed by atoms with E-state index < -0.39 is 0 Å². The van der Waals surface area contributed by atoms with Crippen LogP contribution in [0.2, 0.25) is 0 Å². The van der Waals surface area contributed by atoms with Crippen LogP contribution in [0.4, 0.5) is 0 Å². The maximum Gasteiger partial charge on any atom is 0.191 e. The molecule has 1 heterocycles. The third-order valence-electron chi connectivity index (χ3n) is 5.02. The van der Waals surface area contributed by atoms with Crippen LogP contribution in [-0.4, -0.2) is 28.6 Å². The number of benzene rings is 2. The summed E-state index contributed by atoms with van der Waals surface area (Å²) in [6, 6.07) is 17.5. The monoisotopic (exact) mass is 347 g/mol. The Labute approximate surface area is 154 Å². The molecule has 5 nitrogen and oxygen atoms in total. The second-order valence-corrected chi connectivity index (χ2v) is 7.07. The number of aromatic nitrogens is 2. The van der Waals surface area contributed by atoms with Crippen molar-refractivity contribution in [1.29, 1.82) is 0 Å². The van der Waals surface area contributed by atoms with E-state index in [2.05, 4.69) is 68.5 Å². The minimum atomic E-state index is 0.577. The van der Waals surface area contributed by atoms with Gasteiger partial charge in [0.15, 0.2) is 5.96 Å². The minimum absolute atomic E-state index is 0.577. The van der Waals surface area contributed by atoms with Crippen molar-refractivity contribution in [2.75, 3.05) is 7.05 Å². The zero-order valence-electron chi connectivity index (χ0n) is 15.3. The summed E-state index contributed by atoms with van der Waals surface area (Å²) >= 11 is 0. The van der Waals surface area contributed by atoms with Crippen LogP contribution in [0.15, 0.2) is 59.9 Å². The van der Waals surface area contributed by atoms with E-state index in [1.54, 1.807) is 0 Å². The minimum Gasteiger partial charge on any atom is -0.353 e. The number of para-hydroxylation sites is 2. The number of nitrogens with one attached hydrogen (secondary N) is 2. The maximum absolute atomic E-state index is 4.46. The Morgan fingerprint density at radius 1 is 1.15 bits per heavy atom. The standard InChI is InChI=1S/C21H25N5/c1-15-11-19(15)25-21(22-2)23-12-16-7-9-17(10-8-16)13-26-14-24-18-5-3-4-6-20(18)26/h3-10,14-15,19H,11-13H2,1-2H3,(H2,22,23,25). The summed E-state index contributed by atoms with van der Waals surface area (Å²) < 4.78 is 2.19. The van der Waals surface area contributed by atoms with Gasteiger partial charge in [-0.15, -0.1) is 0 Å². The molecule has 2 unspecified atom stereocenters. The second kappa shape index (κ2) is 7.20. The van der Waals surface area contributed by atoms with Gasteiger partial charge in [0.2, 0.25) is 0 Å². The first kappa shape index (κ1) is 16.6. The van der Waals surface area contributed by atoms with Gasteiger partial charge in [-0.05, 0) is 35.6 Å². The summed E-state index contributed by atoms with van der Waals surface area (Å²) in [6.07, 6.45) is 3.15. The highest BCUT2D eigenvalue weighted by molar-refractivity contribution is 5.80. The van der Waals surface area contributed by atoms with Crippen LogP contribution in [0.25, 0.3) is 11.0 Å². The highest BCUT2D eigenvalue weighted by Crippen LogP contribution is 2.28. The van der Waals surface area contributed by atoms with Crippen molar-refractivity contribution in [3.05, 3.63) is 66.0 Å². The SMILES string of the molecule is CN=C(NCc1ccc(Cn2cnc3ccccc32)cc1)NC1CC1C. The van der Waals surface area contributed by atoms with Crippen LogP contribution in [0, 0.1) is 5.92 Å². The van der Waals surface area contributed by atoms with Crippen molar-refractivity contribution in [3.8, 4) is 0 Å². The Bertz CT molecular complexity index is 910. The van der Waals surface area contributed by atoms with Crippen LogP contribution >= 0.6 is 0 Å². The molecular weight excluding hydrogens is 322 g/mol. The van der Waals surface area contributed by atoms with Gasteiger partial charge in [0.25, 0.3) is 0 Å². The number of fused-ring (bicyclic) bond motifs is 1. The number of hydrogen-bond acceptors (Lipinski definition) is 2. The van der Waals surface area contributed by atoms with Gasteiger partial charge in [-0.2, -0.15) is 0 Å². The first-order valence-electron chi connectivity index (χ1n) is 9.18. The summed E-state index contributed by atoms with van der Waals surface area (Å²) in [5, 5.41) is 6.84. The van der Waals surface area contributed by atoms with E-state index in [0.29, 0.717) is 6.04 Å². The average Bonchev–Trinajstić information content (AvgIpc) is 3.22. The lowest BCUT2D eigenvalue weighted by atomic mass is 10.1. The second-order valence-electron chi connectivity index (χ2n) is 7.07. The summed E-state index contributed by atoms with van der Waals surface area (Å²) in [7, 11) is 1.82. The van der Waals surface area contributed by atoms with Crippen molar-refractivity contribution < 1.29 is 0 Å². The molecule has 0 bridgehead atoms. The molecule has 0 saturated heterocycles. The maximum atomic E-state index is 4.46. The van der Waals surface area contributed by atoms with Gasteiger partial charge in [0.1, 0.15) is 0 Å². The zero-order chi connectivity index (χ0) is 17.9. The number of aliphatic imine (C=N–C) groups is 1. The van der Waals surface area contributed by atoms with E-state index in [1.807, 2.05) is 25.5 Å². The Morgan fingerprint density at radius 2 is 1.88 bits per heavy atom. The fraction of sp³-hybridized carbons (Fsp3) is 0.333. The Balaban J connectivity index is 1.36. The van der Waals surface area contributed by atoms with E-state index in [9.17, 15) is 0 Å². The smallest absolute Gasteiger partial charge is 0.191 e. The number of guanidine groups is 1. The normalized spacial score (nSPS) is 19.5. The molecule has 0 amide bonds. The third-order valence-corrected chi connectivity index (χ3v) is 5.02. The number of imidazole rings is 1. The first-order valence-corrected chi connectivity index (χ1v) is 9.18. The molecule has 2 aromatic carbocycles. The van der Waals surface area contributed by atoms with Crippen LogP contribution in [0.5, 0.6) is 0 Å². The molecule has 1 aromatic heterocycles. The molecule has 5 heteroatoms. The van der Waals surface area contributed by atoms with Crippen molar-refractivity contribution in [2.24, 2.45) is 10.9 Å². The van der Waals surface area contributed by atoms with E-state index >= 15 is 0 Å². The van der Waals surface area contributed by atoms with Gasteiger partial charge in [0.05, 0.1) is 17.4 Å². The molecule has 0 spiro atoms. The lowest BCUT2D eigenvalue weighted by Gasteiger charge is -2.12. The van der Waals surface area contributed by atoms with Gasteiger partial charge in [-0.25, -0.2) is 4.98 Å². The number of nitrogens with zero attached hydrogens (tertiary/aromatic N) is 3. The Morgan fingerprint density at radius 3 is 2.62 bits per heavy atom. The summed E-state index contributed by atoms with van der Waals surface area (Å²) in [5.41, 5.74) is 4.72. The van der Waals surface area contributed by atoms with Crippen LogP contribution in [0.1, 0.15) is 24.5 Å². The van der Waals surface area contributed by atoms with Crippen LogP contribution < -0.4 is 10.6 Å². The van der Waals surface area contributed by atoms with Gasteiger partial charge >= 0.3 is 0 Å². The first-order chi connectivity index (χ1) is 12.7. The van der Waals surface area contributed by atoms with Crippen molar-refractivity contribution in [1.82, 2.24) is 20.2 Å². The quantitative estimate of drug-likeness (QED) is 0.551. The fourth-order valence-corrected chi connectivity index (χ4v) is 3.17. The van der Waals surface area contributed by atoms with Crippen molar-refractivity contribution in [3.63, 3.8) is 0 Å². The van der Waals surface area contributed by atoms with Gasteiger partial charge in [-0.1, -0.05) is 43.3 Å². The molecule has 2 N–H and O–H groups in total. The van der Waals surface area contributed by atoms with E-state index in [-0.39, 0.29) is 0 Å². The molecule has 3 aromatic rings. The molecule has 4 rings (SSSR count). The van der Waals surface area contributed by atoms with Crippen molar-refractivity contribution >= 4 is 17.0 Å². The molecule has 0 radical (unpaired) electrons. The summed E-state index contributed by atoms with van der Waals surface area (Å²) in [5.74, 6) is 1.64. The molecule has 0 aliphatic heterocycles. The molecule has 26 heavy (non-hydrogen) atoms. The Hall–Kier alpha value is -2.82. The van der Waals surface area contributed by atoms with Gasteiger partial charge in [-0.3, -0.25) is 4.99 Å². The molecule has 1 fully saturated rings. The summed E-state index contributed by atoms with van der Waals surface area (Å²) in [6.45, 7) is 3.86. The topological polar surface area (TPSA) is 54.2 Å². The highest BCUT2D eigenvalue weighted by atomic mass is 15.2. The Kier molecular flexibility index (Phi) is 4.61. The molecule has 1 saturated carbocycles. The largest absolute Gasteiger partial charge is 0.353 e. The van der Waals surface area contributed by atoms with Crippen LogP contribution in [-0.2, 0) is 13.1 Å². The third kappa shape index (κ3) is 3.72. The van der Waals surface area contributed by atoms with E-state index in [4.69, 9.17) is 0 Å². The predicted molar refractivity (Wildman–Crippen MR) is 106 cm³/mol. The molecule has 2 atom stereocenters. The molecular formula is C21H25N5. The molecule has 1 aliphatic rings. The van der Waals surface area contributed by atoms with Crippen LogP contribution in [0.3, 0.4) is 0 Å². The molecule has 1 aliphatic carbocycles. The lowest BCUT2D eigenvalue weighted by molar-refractivity contribution is 0.763. The van der Waals surface area contributed by atoms with Gasteiger partial charge < -0.3 is 15.2 Å². The molecule has 134 valence electrons. The number of hydrogen-bond donors (Lipinski definition) is 2. The predicted octanol–water partition coefficient (Wildman–Crippen LogP) is 3.16. The van der Waals surface area contributed by atoms with E-state index in [1.165, 1.54) is 23.1 Å². The zero-order valence-corrected chi connectivity index (χ0v) is 15.3. The summed E-state index contributed by atoms with van der Waals surface area (Å²) in [4.78, 5) is 8.76. The number of rotatable bonds is 5. The fourth-order valence-electron chi connectivity index (χ4n) is 3.17. The lowest BCUT2D eigenvalue weighted by Crippen LogP contribution is -2.38. The van der Waals surface area contributed by atoms with E-state index in [0.717, 1.165) is 30.5 Å². The van der Waals surface area contributed by atoms with Gasteiger partial charge in [0, 0.05) is 26.2 Å². The van der Waals surface area contributed by atoms with Crippen molar-refractivity contribution in [2.45, 2.75) is 32.5 Å². The average molecular weight is 347 g/mol.